The molecule has 2 rings (SSSR count). The molecule has 2 aromatic rings. The molecule has 6 heteroatoms. The Kier molecular flexibility index (Phi) is 2.37. The van der Waals surface area contributed by atoms with Gasteiger partial charge in [-0.1, -0.05) is 18.7 Å². The normalized spacial score (nSPS) is 11.1. The molecule has 0 aliphatic carbocycles. The van der Waals surface area contributed by atoms with E-state index in [4.69, 9.17) is 0 Å². The zero-order chi connectivity index (χ0) is 10.1. The molecule has 0 aliphatic rings. The first kappa shape index (κ1) is 9.39. The fourth-order valence-electron chi connectivity index (χ4n) is 1.27. The van der Waals surface area contributed by atoms with Gasteiger partial charge in [-0.15, -0.1) is 10.2 Å². The first-order valence-electron chi connectivity index (χ1n) is 4.20. The minimum absolute atomic E-state index is 0.251. The van der Waals surface area contributed by atoms with Crippen molar-refractivity contribution in [2.24, 2.45) is 0 Å². The second kappa shape index (κ2) is 3.53. The van der Waals surface area contributed by atoms with Gasteiger partial charge in [0.05, 0.1) is 6.20 Å². The summed E-state index contributed by atoms with van der Waals surface area (Å²) in [5, 5.41) is 8.40. The minimum atomic E-state index is -0.435. The number of halogens is 1. The highest BCUT2D eigenvalue weighted by molar-refractivity contribution is 7.98. The first-order chi connectivity index (χ1) is 6.77. The number of thioether (sulfide) groups is 1. The van der Waals surface area contributed by atoms with Crippen LogP contribution in [0.4, 0.5) is 4.39 Å². The molecule has 0 atom stereocenters. The number of aryl methyl sites for hydroxylation is 1. The Hall–Kier alpha value is -1.17. The molecular formula is C8H9FN4S. The van der Waals surface area contributed by atoms with Crippen LogP contribution in [0.25, 0.3) is 5.65 Å². The van der Waals surface area contributed by atoms with Crippen molar-refractivity contribution in [3.05, 3.63) is 17.8 Å². The molecule has 0 radical (unpaired) electrons. The third-order valence-corrected chi connectivity index (χ3v) is 2.58. The summed E-state index contributed by atoms with van der Waals surface area (Å²) in [4.78, 5) is 3.98. The number of hydrogen-bond donors (Lipinski definition) is 0. The molecule has 0 saturated heterocycles. The van der Waals surface area contributed by atoms with Crippen molar-refractivity contribution in [2.45, 2.75) is 18.5 Å². The molecule has 0 spiro atoms. The maximum atomic E-state index is 13.3. The number of fused-ring (bicyclic) bond motifs is 1. The quantitative estimate of drug-likeness (QED) is 0.559. The molecule has 0 aliphatic heterocycles. The maximum absolute atomic E-state index is 13.3. The Bertz CT molecular complexity index is 468. The summed E-state index contributed by atoms with van der Waals surface area (Å²) in [6.45, 7) is 1.95. The van der Waals surface area contributed by atoms with Gasteiger partial charge < -0.3 is 0 Å². The molecule has 14 heavy (non-hydrogen) atoms. The summed E-state index contributed by atoms with van der Waals surface area (Å²) < 4.78 is 14.9. The van der Waals surface area contributed by atoms with Crippen LogP contribution in [0.3, 0.4) is 0 Å². The summed E-state index contributed by atoms with van der Waals surface area (Å²) in [6.07, 6.45) is 3.77. The lowest BCUT2D eigenvalue weighted by atomic mass is 10.4. The lowest BCUT2D eigenvalue weighted by Gasteiger charge is -2.02. The van der Waals surface area contributed by atoms with Crippen LogP contribution < -0.4 is 0 Å². The van der Waals surface area contributed by atoms with E-state index in [-0.39, 0.29) is 5.65 Å². The van der Waals surface area contributed by atoms with Crippen LogP contribution >= 0.6 is 11.8 Å². The molecule has 0 unspecified atom stereocenters. The number of aromatic nitrogens is 4. The summed E-state index contributed by atoms with van der Waals surface area (Å²) >= 11 is 1.45. The molecule has 0 amide bonds. The van der Waals surface area contributed by atoms with E-state index in [1.807, 2.05) is 13.2 Å². The zero-order valence-electron chi connectivity index (χ0n) is 7.86. The maximum Gasteiger partial charge on any atom is 0.200 e. The van der Waals surface area contributed by atoms with E-state index in [0.29, 0.717) is 11.6 Å². The molecule has 4 nitrogen and oxygen atoms in total. The molecular weight excluding hydrogens is 203 g/mol. The van der Waals surface area contributed by atoms with Gasteiger partial charge in [0, 0.05) is 6.42 Å². The molecule has 0 bridgehead atoms. The van der Waals surface area contributed by atoms with E-state index in [1.54, 1.807) is 4.40 Å². The van der Waals surface area contributed by atoms with Crippen molar-refractivity contribution in [1.82, 2.24) is 19.6 Å². The van der Waals surface area contributed by atoms with Crippen molar-refractivity contribution < 1.29 is 4.39 Å². The smallest absolute Gasteiger partial charge is 0.200 e. The van der Waals surface area contributed by atoms with Crippen molar-refractivity contribution in [3.8, 4) is 0 Å². The monoisotopic (exact) mass is 212 g/mol. The Morgan fingerprint density at radius 3 is 2.93 bits per heavy atom. The summed E-state index contributed by atoms with van der Waals surface area (Å²) in [5.74, 6) is 0.298. The molecule has 0 fully saturated rings. The average molecular weight is 212 g/mol. The predicted molar refractivity (Wildman–Crippen MR) is 51.9 cm³/mol. The standard InChI is InChI=1S/C8H9FN4S/c1-3-6-11-12-7-5(9)4-10-8(14-2)13(6)7/h4H,3H2,1-2H3. The lowest BCUT2D eigenvalue weighted by Crippen LogP contribution is -2.00. The highest BCUT2D eigenvalue weighted by Gasteiger charge is 2.12. The van der Waals surface area contributed by atoms with Crippen molar-refractivity contribution >= 4 is 17.4 Å². The Balaban J connectivity index is 2.82. The number of rotatable bonds is 2. The third kappa shape index (κ3) is 1.26. The minimum Gasteiger partial charge on any atom is -0.255 e. The number of nitrogens with zero attached hydrogens (tertiary/aromatic N) is 4. The molecule has 0 N–H and O–H groups in total. The Morgan fingerprint density at radius 1 is 1.50 bits per heavy atom. The van der Waals surface area contributed by atoms with Crippen LogP contribution in [0, 0.1) is 5.82 Å². The fraction of sp³-hybridized carbons (Fsp3) is 0.375. The van der Waals surface area contributed by atoms with E-state index in [9.17, 15) is 4.39 Å². The van der Waals surface area contributed by atoms with Crippen LogP contribution in [0.2, 0.25) is 0 Å². The molecule has 0 aromatic carbocycles. The second-order valence-electron chi connectivity index (χ2n) is 2.72. The second-order valence-corrected chi connectivity index (χ2v) is 3.50. The van der Waals surface area contributed by atoms with Crippen molar-refractivity contribution in [1.29, 1.82) is 0 Å². The predicted octanol–water partition coefficient (Wildman–Crippen LogP) is 1.55. The SMILES string of the molecule is CCc1nnc2c(F)cnc(SC)n12. The Morgan fingerprint density at radius 2 is 2.29 bits per heavy atom. The van der Waals surface area contributed by atoms with E-state index in [0.717, 1.165) is 5.82 Å². The molecule has 0 saturated carbocycles. The van der Waals surface area contributed by atoms with Gasteiger partial charge in [-0.3, -0.25) is 4.40 Å². The van der Waals surface area contributed by atoms with Crippen LogP contribution in [-0.2, 0) is 6.42 Å². The van der Waals surface area contributed by atoms with Crippen LogP contribution in [0.5, 0.6) is 0 Å². The van der Waals surface area contributed by atoms with Gasteiger partial charge in [0.15, 0.2) is 11.0 Å². The van der Waals surface area contributed by atoms with Gasteiger partial charge in [0.2, 0.25) is 5.65 Å². The van der Waals surface area contributed by atoms with Gasteiger partial charge >= 0.3 is 0 Å². The van der Waals surface area contributed by atoms with Crippen molar-refractivity contribution in [2.75, 3.05) is 6.26 Å². The van der Waals surface area contributed by atoms with Gasteiger partial charge in [0.25, 0.3) is 0 Å². The van der Waals surface area contributed by atoms with Gasteiger partial charge in [0.1, 0.15) is 5.82 Å². The molecule has 74 valence electrons. The first-order valence-corrected chi connectivity index (χ1v) is 5.43. The van der Waals surface area contributed by atoms with Gasteiger partial charge in [-0.25, -0.2) is 9.37 Å². The van der Waals surface area contributed by atoms with E-state index >= 15 is 0 Å². The van der Waals surface area contributed by atoms with E-state index < -0.39 is 5.82 Å². The average Bonchev–Trinajstić information content (AvgIpc) is 2.63. The summed E-state index contributed by atoms with van der Waals surface area (Å²) in [7, 11) is 0. The number of hydrogen-bond acceptors (Lipinski definition) is 4. The third-order valence-electron chi connectivity index (χ3n) is 1.92. The summed E-state index contributed by atoms with van der Waals surface area (Å²) in [5.41, 5.74) is 0.251. The fourth-order valence-corrected chi connectivity index (χ4v) is 1.81. The van der Waals surface area contributed by atoms with E-state index in [2.05, 4.69) is 15.2 Å². The zero-order valence-corrected chi connectivity index (χ0v) is 8.68. The highest BCUT2D eigenvalue weighted by Crippen LogP contribution is 2.17. The van der Waals surface area contributed by atoms with Crippen LogP contribution in [-0.4, -0.2) is 25.8 Å². The van der Waals surface area contributed by atoms with Crippen molar-refractivity contribution in [3.63, 3.8) is 0 Å². The van der Waals surface area contributed by atoms with Crippen LogP contribution in [0.1, 0.15) is 12.7 Å². The van der Waals surface area contributed by atoms with Gasteiger partial charge in [-0.05, 0) is 6.26 Å². The molecule has 2 aromatic heterocycles. The summed E-state index contributed by atoms with van der Waals surface area (Å²) in [6, 6.07) is 0. The topological polar surface area (TPSA) is 43.1 Å². The largest absolute Gasteiger partial charge is 0.255 e. The lowest BCUT2D eigenvalue weighted by molar-refractivity contribution is 0.611. The highest BCUT2D eigenvalue weighted by atomic mass is 32.2. The van der Waals surface area contributed by atoms with E-state index in [1.165, 1.54) is 18.0 Å². The van der Waals surface area contributed by atoms with Gasteiger partial charge in [-0.2, -0.15) is 0 Å². The van der Waals surface area contributed by atoms with Crippen LogP contribution in [0.15, 0.2) is 11.4 Å². The molecule has 2 heterocycles. The Labute approximate surface area is 84.6 Å².